The molecule has 0 aromatic carbocycles. The third-order valence-corrected chi connectivity index (χ3v) is 2.75. The first-order chi connectivity index (χ1) is 5.59. The molecule has 0 amide bonds. The molecule has 0 spiro atoms. The second-order valence-electron chi connectivity index (χ2n) is 2.38. The van der Waals surface area contributed by atoms with Crippen molar-refractivity contribution >= 4 is 35.3 Å². The normalized spacial score (nSPS) is 12.7. The fourth-order valence-electron chi connectivity index (χ4n) is 0.836. The minimum atomic E-state index is -2.36. The topological polar surface area (TPSA) is 26.0 Å². The van der Waals surface area contributed by atoms with Gasteiger partial charge in [-0.05, 0) is 12.1 Å². The van der Waals surface area contributed by atoms with Gasteiger partial charge in [0.15, 0.2) is 0 Å². The summed E-state index contributed by atoms with van der Waals surface area (Å²) in [6.07, 6.45) is -2.67. The van der Waals surface area contributed by atoms with Gasteiger partial charge in [-0.2, -0.15) is 0 Å². The van der Waals surface area contributed by atoms with Gasteiger partial charge < -0.3 is 5.73 Å². The molecule has 76 valence electrons. The molecule has 1 rings (SSSR count). The highest BCUT2D eigenvalue weighted by atomic mass is 35.5. The average Bonchev–Trinajstić information content (AvgIpc) is 2.34. The number of nitrogens with two attached hydrogens (primary N) is 1. The van der Waals surface area contributed by atoms with Crippen molar-refractivity contribution in [2.24, 2.45) is 5.73 Å². The van der Waals surface area contributed by atoms with Gasteiger partial charge in [0, 0.05) is 17.3 Å². The molecule has 0 radical (unpaired) electrons. The van der Waals surface area contributed by atoms with Gasteiger partial charge in [0.1, 0.15) is 0 Å². The van der Waals surface area contributed by atoms with Gasteiger partial charge in [-0.25, -0.2) is 8.78 Å². The summed E-state index contributed by atoms with van der Waals surface area (Å²) < 4.78 is 24.3. The second-order valence-corrected chi connectivity index (χ2v) is 4.12. The van der Waals surface area contributed by atoms with E-state index in [9.17, 15) is 8.78 Å². The Balaban J connectivity index is 0.00000144. The zero-order valence-electron chi connectivity index (χ0n) is 6.54. The van der Waals surface area contributed by atoms with Gasteiger partial charge in [-0.3, -0.25) is 0 Å². The number of hydrogen-bond donors (Lipinski definition) is 1. The van der Waals surface area contributed by atoms with Crippen LogP contribution in [0.2, 0.25) is 4.34 Å². The molecule has 1 heterocycles. The Morgan fingerprint density at radius 2 is 2.08 bits per heavy atom. The van der Waals surface area contributed by atoms with Crippen LogP contribution < -0.4 is 5.73 Å². The molecule has 0 unspecified atom stereocenters. The highest BCUT2D eigenvalue weighted by Gasteiger charge is 2.14. The summed E-state index contributed by atoms with van der Waals surface area (Å²) in [7, 11) is 0. The first kappa shape index (κ1) is 13.1. The summed E-state index contributed by atoms with van der Waals surface area (Å²) in [5, 5.41) is 0. The molecule has 2 N–H and O–H groups in total. The maximum Gasteiger partial charge on any atom is 0.240 e. The van der Waals surface area contributed by atoms with Crippen molar-refractivity contribution in [3.05, 3.63) is 21.3 Å². The van der Waals surface area contributed by atoms with E-state index in [0.717, 1.165) is 0 Å². The molecule has 1 aromatic heterocycles. The predicted molar refractivity (Wildman–Crippen MR) is 54.1 cm³/mol. The Bertz CT molecular complexity index is 254. The zero-order chi connectivity index (χ0) is 9.14. The van der Waals surface area contributed by atoms with Crippen LogP contribution in [0.25, 0.3) is 0 Å². The van der Waals surface area contributed by atoms with E-state index in [-0.39, 0.29) is 18.8 Å². The summed E-state index contributed by atoms with van der Waals surface area (Å²) >= 11 is 6.86. The van der Waals surface area contributed by atoms with Crippen molar-refractivity contribution in [1.29, 1.82) is 0 Å². The SMILES string of the molecule is Cl.N[C@H](CC(F)F)c1ccc(Cl)s1. The lowest BCUT2D eigenvalue weighted by atomic mass is 10.2. The maximum absolute atomic E-state index is 11.9. The van der Waals surface area contributed by atoms with E-state index >= 15 is 0 Å². The lowest BCUT2D eigenvalue weighted by molar-refractivity contribution is 0.129. The van der Waals surface area contributed by atoms with Crippen LogP contribution in [0, 0.1) is 0 Å². The Hall–Kier alpha value is 0.1000. The molecule has 6 heteroatoms. The van der Waals surface area contributed by atoms with Gasteiger partial charge in [-0.15, -0.1) is 23.7 Å². The number of halogens is 4. The van der Waals surface area contributed by atoms with E-state index in [1.807, 2.05) is 0 Å². The number of alkyl halides is 2. The molecular weight excluding hydrogens is 239 g/mol. The van der Waals surface area contributed by atoms with Crippen LogP contribution >= 0.6 is 35.3 Å². The third kappa shape index (κ3) is 4.22. The highest BCUT2D eigenvalue weighted by molar-refractivity contribution is 7.16. The molecule has 0 saturated carbocycles. The van der Waals surface area contributed by atoms with Crippen LogP contribution in [0.3, 0.4) is 0 Å². The fraction of sp³-hybridized carbons (Fsp3) is 0.429. The Kier molecular flexibility index (Phi) is 5.80. The Morgan fingerprint density at radius 1 is 1.46 bits per heavy atom. The van der Waals surface area contributed by atoms with Crippen LogP contribution in [0.15, 0.2) is 12.1 Å². The zero-order valence-corrected chi connectivity index (χ0v) is 8.93. The summed E-state index contributed by atoms with van der Waals surface area (Å²) in [5.74, 6) is 0. The molecule has 0 saturated heterocycles. The molecule has 0 aliphatic rings. The highest BCUT2D eigenvalue weighted by Crippen LogP contribution is 2.28. The lowest BCUT2D eigenvalue weighted by Crippen LogP contribution is -2.12. The standard InChI is InChI=1S/C7H8ClF2NS.ClH/c8-6-2-1-5(12-6)4(11)3-7(9)10;/h1-2,4,7H,3,11H2;1H/t4-;/m1./s1. The van der Waals surface area contributed by atoms with Gasteiger partial charge in [0.2, 0.25) is 6.43 Å². The van der Waals surface area contributed by atoms with Crippen LogP contribution in [0.1, 0.15) is 17.3 Å². The maximum atomic E-state index is 11.9. The van der Waals surface area contributed by atoms with Crippen LogP contribution in [0.4, 0.5) is 8.78 Å². The van der Waals surface area contributed by atoms with E-state index < -0.39 is 12.5 Å². The molecule has 1 aromatic rings. The van der Waals surface area contributed by atoms with Crippen molar-refractivity contribution in [1.82, 2.24) is 0 Å². The first-order valence-electron chi connectivity index (χ1n) is 3.38. The number of rotatable bonds is 3. The van der Waals surface area contributed by atoms with Gasteiger partial charge in [0.25, 0.3) is 0 Å². The molecular formula is C7H9Cl2F2NS. The van der Waals surface area contributed by atoms with E-state index in [1.54, 1.807) is 12.1 Å². The monoisotopic (exact) mass is 247 g/mol. The fourth-order valence-corrected chi connectivity index (χ4v) is 1.91. The van der Waals surface area contributed by atoms with Crippen LogP contribution in [-0.2, 0) is 0 Å². The molecule has 0 fully saturated rings. The number of hydrogen-bond acceptors (Lipinski definition) is 2. The molecule has 1 nitrogen and oxygen atoms in total. The summed E-state index contributed by atoms with van der Waals surface area (Å²) in [6.45, 7) is 0. The number of thiophene rings is 1. The summed E-state index contributed by atoms with van der Waals surface area (Å²) in [4.78, 5) is 0.709. The van der Waals surface area contributed by atoms with Crippen LogP contribution in [-0.4, -0.2) is 6.43 Å². The first-order valence-corrected chi connectivity index (χ1v) is 4.58. The molecule has 13 heavy (non-hydrogen) atoms. The minimum Gasteiger partial charge on any atom is -0.323 e. The quantitative estimate of drug-likeness (QED) is 0.870. The smallest absolute Gasteiger partial charge is 0.240 e. The third-order valence-electron chi connectivity index (χ3n) is 1.39. The molecule has 0 aliphatic carbocycles. The summed E-state index contributed by atoms with van der Waals surface area (Å²) in [6, 6.07) is 2.75. The van der Waals surface area contributed by atoms with E-state index in [4.69, 9.17) is 17.3 Å². The van der Waals surface area contributed by atoms with Crippen molar-refractivity contribution in [3.8, 4) is 0 Å². The molecule has 1 atom stereocenters. The van der Waals surface area contributed by atoms with Gasteiger partial charge in [-0.1, -0.05) is 11.6 Å². The minimum absolute atomic E-state index is 0. The van der Waals surface area contributed by atoms with Crippen molar-refractivity contribution in [2.45, 2.75) is 18.9 Å². The van der Waals surface area contributed by atoms with E-state index in [1.165, 1.54) is 11.3 Å². The predicted octanol–water partition coefficient (Wildman–Crippen LogP) is 3.48. The van der Waals surface area contributed by atoms with Gasteiger partial charge in [0.05, 0.1) is 4.34 Å². The molecule has 0 aliphatic heterocycles. The average molecular weight is 248 g/mol. The Labute approximate surface area is 90.3 Å². The second kappa shape index (κ2) is 5.75. The summed E-state index contributed by atoms with van der Waals surface area (Å²) in [5.41, 5.74) is 5.48. The van der Waals surface area contributed by atoms with Crippen molar-refractivity contribution < 1.29 is 8.78 Å². The van der Waals surface area contributed by atoms with Crippen LogP contribution in [0.5, 0.6) is 0 Å². The molecule has 0 bridgehead atoms. The van der Waals surface area contributed by atoms with Crippen molar-refractivity contribution in [3.63, 3.8) is 0 Å². The van der Waals surface area contributed by atoms with E-state index in [2.05, 4.69) is 0 Å². The van der Waals surface area contributed by atoms with Crippen molar-refractivity contribution in [2.75, 3.05) is 0 Å². The van der Waals surface area contributed by atoms with Gasteiger partial charge >= 0.3 is 0 Å². The largest absolute Gasteiger partial charge is 0.323 e. The Morgan fingerprint density at radius 3 is 2.46 bits per heavy atom. The lowest BCUT2D eigenvalue weighted by Gasteiger charge is -2.07. The van der Waals surface area contributed by atoms with E-state index in [0.29, 0.717) is 9.21 Å².